The first-order valence-electron chi connectivity index (χ1n) is 12.5. The molecular formula is C26H34F3N5O5. The molecule has 3 rings (SSSR count). The third-order valence-corrected chi connectivity index (χ3v) is 5.82. The topological polar surface area (TPSA) is 124 Å². The molecule has 0 spiro atoms. The molecule has 39 heavy (non-hydrogen) atoms. The number of carbonyl (C=O) groups excluding carboxylic acids is 2. The van der Waals surface area contributed by atoms with Crippen LogP contribution in [0.25, 0.3) is 0 Å². The van der Waals surface area contributed by atoms with Crippen LogP contribution in [-0.4, -0.2) is 85.3 Å². The summed E-state index contributed by atoms with van der Waals surface area (Å²) in [7, 11) is 1.58. The Morgan fingerprint density at radius 2 is 1.77 bits per heavy atom. The predicted octanol–water partition coefficient (Wildman–Crippen LogP) is 3.65. The first-order chi connectivity index (χ1) is 18.5. The molecule has 3 N–H and O–H groups in total. The number of hydrogen-bond acceptors (Lipinski definition) is 7. The number of hydrogen-bond donors (Lipinski definition) is 3. The maximum atomic E-state index is 13.4. The number of methoxy groups -OCH3 is 1. The highest BCUT2D eigenvalue weighted by molar-refractivity contribution is 6.06. The van der Waals surface area contributed by atoms with E-state index >= 15 is 0 Å². The fourth-order valence-corrected chi connectivity index (χ4v) is 3.68. The lowest BCUT2D eigenvalue weighted by Crippen LogP contribution is -2.45. The number of pyridine rings is 1. The quantitative estimate of drug-likeness (QED) is 0.430. The first kappa shape index (κ1) is 31.3. The van der Waals surface area contributed by atoms with Crippen LogP contribution in [0, 0.1) is 0 Å². The lowest BCUT2D eigenvalue weighted by atomic mass is 10.1. The highest BCUT2D eigenvalue weighted by Gasteiger charge is 2.38. The number of anilines is 2. The number of piperazine rings is 1. The molecule has 2 heterocycles. The van der Waals surface area contributed by atoms with Crippen molar-refractivity contribution in [3.63, 3.8) is 0 Å². The largest absolute Gasteiger partial charge is 0.497 e. The van der Waals surface area contributed by atoms with Gasteiger partial charge in [0.15, 0.2) is 0 Å². The summed E-state index contributed by atoms with van der Waals surface area (Å²) in [5.41, 5.74) is 1.53. The number of amides is 2. The second kappa shape index (κ2) is 14.9. The van der Waals surface area contributed by atoms with Gasteiger partial charge in [0, 0.05) is 44.8 Å². The van der Waals surface area contributed by atoms with Gasteiger partial charge in [-0.05, 0) is 43.7 Å². The van der Waals surface area contributed by atoms with Crippen molar-refractivity contribution in [2.75, 3.05) is 56.6 Å². The van der Waals surface area contributed by atoms with E-state index in [9.17, 15) is 22.8 Å². The summed E-state index contributed by atoms with van der Waals surface area (Å²) in [5, 5.41) is 13.3. The van der Waals surface area contributed by atoms with Gasteiger partial charge in [0.05, 0.1) is 24.6 Å². The molecule has 2 amide bonds. The van der Waals surface area contributed by atoms with Crippen molar-refractivity contribution in [2.45, 2.75) is 32.9 Å². The Hall–Kier alpha value is -3.87. The Labute approximate surface area is 225 Å². The third-order valence-electron chi connectivity index (χ3n) is 5.82. The molecule has 0 saturated carbocycles. The number of nitrogens with one attached hydrogen (secondary N) is 2. The second-order valence-electron chi connectivity index (χ2n) is 8.56. The summed E-state index contributed by atoms with van der Waals surface area (Å²) in [5.74, 6) is -1.71. The van der Waals surface area contributed by atoms with E-state index < -0.39 is 12.1 Å². The molecule has 1 aliphatic heterocycles. The Kier molecular flexibility index (Phi) is 12.0. The normalized spacial score (nSPS) is 13.1. The van der Waals surface area contributed by atoms with Gasteiger partial charge in [-0.1, -0.05) is 13.3 Å². The molecule has 0 unspecified atom stereocenters. The third kappa shape index (κ3) is 9.43. The predicted molar refractivity (Wildman–Crippen MR) is 140 cm³/mol. The summed E-state index contributed by atoms with van der Waals surface area (Å²) < 4.78 is 36.9. The second-order valence-corrected chi connectivity index (χ2v) is 8.56. The van der Waals surface area contributed by atoms with Crippen LogP contribution in [0.5, 0.6) is 5.75 Å². The zero-order valence-electron chi connectivity index (χ0n) is 22.2. The molecule has 0 atom stereocenters. The van der Waals surface area contributed by atoms with E-state index in [0.717, 1.165) is 39.0 Å². The Morgan fingerprint density at radius 3 is 2.28 bits per heavy atom. The number of aromatic nitrogens is 1. The molecular weight excluding hydrogens is 519 g/mol. The highest BCUT2D eigenvalue weighted by Crippen LogP contribution is 2.24. The first-order valence-corrected chi connectivity index (χ1v) is 12.5. The van der Waals surface area contributed by atoms with E-state index in [2.05, 4.69) is 27.4 Å². The zero-order valence-corrected chi connectivity index (χ0v) is 22.2. The molecule has 1 aromatic carbocycles. The monoisotopic (exact) mass is 553 g/mol. The average Bonchev–Trinajstić information content (AvgIpc) is 2.93. The van der Waals surface area contributed by atoms with Gasteiger partial charge in [0.1, 0.15) is 11.6 Å². The molecule has 2 aromatic rings. The number of nitrogens with zero attached hydrogens (tertiary/aromatic N) is 3. The maximum Gasteiger partial charge on any atom is 0.490 e. The van der Waals surface area contributed by atoms with E-state index in [0.29, 0.717) is 41.5 Å². The molecule has 1 aliphatic rings. The average molecular weight is 554 g/mol. The van der Waals surface area contributed by atoms with Crippen LogP contribution in [0.3, 0.4) is 0 Å². The van der Waals surface area contributed by atoms with E-state index in [-0.39, 0.29) is 11.8 Å². The number of alkyl halides is 3. The molecule has 0 aliphatic carbocycles. The standard InChI is InChI=1S/C24H33N5O3.C2HF3O2/c1-4-6-13-28(5-2)24(31)21-16-19(17-26-22(21)29-14-11-25-12-15-29)27-23(30)18-7-9-20(32-3)10-8-18;3-2(4,5)1(6)7/h7-10,16-17,25H,4-6,11-15H2,1-3H3,(H,27,30);(H,6,7). The smallest absolute Gasteiger partial charge is 0.490 e. The lowest BCUT2D eigenvalue weighted by molar-refractivity contribution is -0.192. The molecule has 10 nitrogen and oxygen atoms in total. The van der Waals surface area contributed by atoms with Gasteiger partial charge in [-0.25, -0.2) is 9.78 Å². The van der Waals surface area contributed by atoms with Gasteiger partial charge in [0.25, 0.3) is 11.8 Å². The van der Waals surface area contributed by atoms with Crippen LogP contribution in [0.15, 0.2) is 36.5 Å². The summed E-state index contributed by atoms with van der Waals surface area (Å²) in [4.78, 5) is 43.6. The SMILES string of the molecule is CCCCN(CC)C(=O)c1cc(NC(=O)c2ccc(OC)cc2)cnc1N1CCNCC1.O=C(O)C(F)(F)F. The summed E-state index contributed by atoms with van der Waals surface area (Å²) in [6.07, 6.45) is -1.49. The van der Waals surface area contributed by atoms with Crippen LogP contribution in [0.2, 0.25) is 0 Å². The number of carboxylic acid groups (broad SMARTS) is 1. The van der Waals surface area contributed by atoms with Crippen molar-refractivity contribution >= 4 is 29.3 Å². The number of benzene rings is 1. The van der Waals surface area contributed by atoms with Crippen molar-refractivity contribution in [3.05, 3.63) is 47.7 Å². The van der Waals surface area contributed by atoms with Crippen LogP contribution in [-0.2, 0) is 4.79 Å². The van der Waals surface area contributed by atoms with E-state index in [1.165, 1.54) is 0 Å². The van der Waals surface area contributed by atoms with E-state index in [1.54, 1.807) is 43.6 Å². The van der Waals surface area contributed by atoms with Crippen LogP contribution < -0.4 is 20.3 Å². The Morgan fingerprint density at radius 1 is 1.15 bits per heavy atom. The van der Waals surface area contributed by atoms with Gasteiger partial charge >= 0.3 is 12.1 Å². The van der Waals surface area contributed by atoms with Crippen LogP contribution >= 0.6 is 0 Å². The number of carboxylic acids is 1. The van der Waals surface area contributed by atoms with Crippen molar-refractivity contribution < 1.29 is 37.4 Å². The molecule has 214 valence electrons. The summed E-state index contributed by atoms with van der Waals surface area (Å²) in [6, 6.07) is 8.63. The van der Waals surface area contributed by atoms with Gasteiger partial charge in [0.2, 0.25) is 0 Å². The van der Waals surface area contributed by atoms with Gasteiger partial charge < -0.3 is 30.3 Å². The molecule has 13 heteroatoms. The van der Waals surface area contributed by atoms with Gasteiger partial charge in [-0.3, -0.25) is 9.59 Å². The minimum Gasteiger partial charge on any atom is -0.497 e. The lowest BCUT2D eigenvalue weighted by Gasteiger charge is -2.31. The number of unbranched alkanes of at least 4 members (excludes halogenated alkanes) is 1. The molecule has 1 saturated heterocycles. The maximum absolute atomic E-state index is 13.4. The van der Waals surface area contributed by atoms with Gasteiger partial charge in [-0.2, -0.15) is 13.2 Å². The number of carbonyl (C=O) groups is 3. The minimum absolute atomic E-state index is 0.0532. The number of aliphatic carboxylic acids is 1. The van der Waals surface area contributed by atoms with Crippen LogP contribution in [0.1, 0.15) is 47.4 Å². The molecule has 0 radical (unpaired) electrons. The fourth-order valence-electron chi connectivity index (χ4n) is 3.68. The van der Waals surface area contributed by atoms with Crippen molar-refractivity contribution in [3.8, 4) is 5.75 Å². The fraction of sp³-hybridized carbons (Fsp3) is 0.462. The summed E-state index contributed by atoms with van der Waals surface area (Å²) >= 11 is 0. The molecule has 0 bridgehead atoms. The highest BCUT2D eigenvalue weighted by atomic mass is 19.4. The van der Waals surface area contributed by atoms with Gasteiger partial charge in [-0.15, -0.1) is 0 Å². The van der Waals surface area contributed by atoms with E-state index in [4.69, 9.17) is 14.6 Å². The van der Waals surface area contributed by atoms with Crippen molar-refractivity contribution in [2.24, 2.45) is 0 Å². The van der Waals surface area contributed by atoms with Crippen LogP contribution in [0.4, 0.5) is 24.7 Å². The molecule has 1 fully saturated rings. The number of halogens is 3. The Balaban J connectivity index is 0.000000673. The number of rotatable bonds is 9. The Bertz CT molecular complexity index is 1110. The van der Waals surface area contributed by atoms with Crippen molar-refractivity contribution in [1.29, 1.82) is 0 Å². The van der Waals surface area contributed by atoms with Crippen molar-refractivity contribution in [1.82, 2.24) is 15.2 Å². The molecule has 1 aromatic heterocycles. The van der Waals surface area contributed by atoms with E-state index in [1.807, 2.05) is 11.8 Å². The summed E-state index contributed by atoms with van der Waals surface area (Å²) in [6.45, 7) is 8.69. The number of ether oxygens (including phenoxy) is 1. The minimum atomic E-state index is -5.08. The zero-order chi connectivity index (χ0) is 29.0.